The Balaban J connectivity index is 1.49. The second-order valence-electron chi connectivity index (χ2n) is 6.32. The number of aromatic nitrogens is 4. The van der Waals surface area contributed by atoms with Crippen LogP contribution in [0.2, 0.25) is 0 Å². The summed E-state index contributed by atoms with van der Waals surface area (Å²) in [6.07, 6.45) is 6.84. The van der Waals surface area contributed by atoms with E-state index >= 15 is 0 Å². The summed E-state index contributed by atoms with van der Waals surface area (Å²) in [6.45, 7) is 4.90. The number of aryl methyl sites for hydroxylation is 1. The first kappa shape index (κ1) is 15.1. The van der Waals surface area contributed by atoms with Crippen molar-refractivity contribution in [1.82, 2.24) is 24.8 Å². The molecule has 0 N–H and O–H groups in total. The highest BCUT2D eigenvalue weighted by molar-refractivity contribution is 5.74. The molecule has 1 aliphatic heterocycles. The van der Waals surface area contributed by atoms with Crippen molar-refractivity contribution < 1.29 is 0 Å². The SMILES string of the molecule is CCCc1ncc2c(n1)CCN(Cc1ccc3cccnc3n1)C2. The molecule has 4 heterocycles. The van der Waals surface area contributed by atoms with Crippen LogP contribution in [0.25, 0.3) is 11.0 Å². The predicted octanol–water partition coefficient (Wildman–Crippen LogP) is 2.93. The fourth-order valence-corrected chi connectivity index (χ4v) is 3.20. The van der Waals surface area contributed by atoms with Crippen LogP contribution in [0.3, 0.4) is 0 Å². The quantitative estimate of drug-likeness (QED) is 0.740. The maximum atomic E-state index is 4.72. The molecule has 0 radical (unpaired) electrons. The summed E-state index contributed by atoms with van der Waals surface area (Å²) < 4.78 is 0. The van der Waals surface area contributed by atoms with Crippen molar-refractivity contribution in [2.45, 2.75) is 39.3 Å². The lowest BCUT2D eigenvalue weighted by molar-refractivity contribution is 0.240. The minimum Gasteiger partial charge on any atom is -0.293 e. The molecule has 3 aromatic heterocycles. The van der Waals surface area contributed by atoms with Gasteiger partial charge in [0.2, 0.25) is 0 Å². The zero-order chi connectivity index (χ0) is 16.4. The van der Waals surface area contributed by atoms with E-state index in [9.17, 15) is 0 Å². The van der Waals surface area contributed by atoms with E-state index in [0.29, 0.717) is 0 Å². The summed E-state index contributed by atoms with van der Waals surface area (Å²) in [7, 11) is 0. The van der Waals surface area contributed by atoms with Gasteiger partial charge in [0.15, 0.2) is 5.65 Å². The van der Waals surface area contributed by atoms with Crippen LogP contribution in [-0.4, -0.2) is 31.4 Å². The Morgan fingerprint density at radius 3 is 3.00 bits per heavy atom. The molecule has 0 aliphatic carbocycles. The van der Waals surface area contributed by atoms with Gasteiger partial charge >= 0.3 is 0 Å². The van der Waals surface area contributed by atoms with E-state index in [1.54, 1.807) is 6.20 Å². The number of fused-ring (bicyclic) bond motifs is 2. The third kappa shape index (κ3) is 3.12. The lowest BCUT2D eigenvalue weighted by Gasteiger charge is -2.27. The Morgan fingerprint density at radius 1 is 1.12 bits per heavy atom. The van der Waals surface area contributed by atoms with Gasteiger partial charge < -0.3 is 0 Å². The van der Waals surface area contributed by atoms with Crippen molar-refractivity contribution in [3.8, 4) is 0 Å². The topological polar surface area (TPSA) is 54.8 Å². The van der Waals surface area contributed by atoms with Crippen molar-refractivity contribution in [1.29, 1.82) is 0 Å². The molecular weight excluding hydrogens is 298 g/mol. The molecule has 0 amide bonds. The number of pyridine rings is 2. The number of hydrogen-bond donors (Lipinski definition) is 0. The highest BCUT2D eigenvalue weighted by Crippen LogP contribution is 2.19. The van der Waals surface area contributed by atoms with E-state index in [2.05, 4.69) is 38.9 Å². The van der Waals surface area contributed by atoms with Gasteiger partial charge in [0.25, 0.3) is 0 Å². The summed E-state index contributed by atoms with van der Waals surface area (Å²) in [6, 6.07) is 8.18. The molecule has 3 aromatic rings. The Morgan fingerprint density at radius 2 is 2.08 bits per heavy atom. The van der Waals surface area contributed by atoms with Crippen LogP contribution in [0, 0.1) is 0 Å². The summed E-state index contributed by atoms with van der Waals surface area (Å²) >= 11 is 0. The first-order valence-corrected chi connectivity index (χ1v) is 8.58. The summed E-state index contributed by atoms with van der Waals surface area (Å²) in [4.78, 5) is 20.7. The third-order valence-corrected chi connectivity index (χ3v) is 4.44. The molecule has 24 heavy (non-hydrogen) atoms. The zero-order valence-corrected chi connectivity index (χ0v) is 13.9. The molecule has 1 aliphatic rings. The molecule has 0 aromatic carbocycles. The summed E-state index contributed by atoms with van der Waals surface area (Å²) in [5.41, 5.74) is 4.35. The fourth-order valence-electron chi connectivity index (χ4n) is 3.20. The molecule has 0 spiro atoms. The average Bonchev–Trinajstić information content (AvgIpc) is 2.62. The van der Waals surface area contributed by atoms with Crippen LogP contribution in [0.5, 0.6) is 0 Å². The Bertz CT molecular complexity index is 861. The van der Waals surface area contributed by atoms with E-state index in [0.717, 1.165) is 61.4 Å². The lowest BCUT2D eigenvalue weighted by Crippen LogP contribution is -2.31. The van der Waals surface area contributed by atoms with Gasteiger partial charge in [-0.15, -0.1) is 0 Å². The molecule has 0 fully saturated rings. The molecule has 0 unspecified atom stereocenters. The number of rotatable bonds is 4. The van der Waals surface area contributed by atoms with Crippen molar-refractivity contribution in [2.75, 3.05) is 6.54 Å². The molecule has 122 valence electrons. The molecule has 0 saturated heterocycles. The van der Waals surface area contributed by atoms with E-state index in [-0.39, 0.29) is 0 Å². The van der Waals surface area contributed by atoms with Gasteiger partial charge in [-0.05, 0) is 30.7 Å². The Labute approximate surface area is 141 Å². The molecule has 5 nitrogen and oxygen atoms in total. The largest absolute Gasteiger partial charge is 0.293 e. The molecule has 5 heteroatoms. The number of hydrogen-bond acceptors (Lipinski definition) is 5. The maximum Gasteiger partial charge on any atom is 0.159 e. The van der Waals surface area contributed by atoms with Gasteiger partial charge in [0, 0.05) is 61.5 Å². The van der Waals surface area contributed by atoms with Crippen LogP contribution < -0.4 is 0 Å². The first-order valence-electron chi connectivity index (χ1n) is 8.58. The number of nitrogens with zero attached hydrogens (tertiary/aromatic N) is 5. The molecule has 0 bridgehead atoms. The normalized spacial score (nSPS) is 14.7. The predicted molar refractivity (Wildman–Crippen MR) is 93.4 cm³/mol. The molecular formula is C19H21N5. The van der Waals surface area contributed by atoms with Gasteiger partial charge in [-0.25, -0.2) is 19.9 Å². The maximum absolute atomic E-state index is 4.72. The first-order chi connectivity index (χ1) is 11.8. The van der Waals surface area contributed by atoms with E-state index < -0.39 is 0 Å². The molecule has 4 rings (SSSR count). The van der Waals surface area contributed by atoms with Gasteiger partial charge in [-0.3, -0.25) is 4.90 Å². The van der Waals surface area contributed by atoms with Crippen LogP contribution in [-0.2, 0) is 25.9 Å². The standard InChI is InChI=1S/C19H21N5/c1-2-4-18-21-11-15-12-24(10-8-17(15)23-18)13-16-7-6-14-5-3-9-20-19(14)22-16/h3,5-7,9,11H,2,4,8,10,12-13H2,1H3. The fraction of sp³-hybridized carbons (Fsp3) is 0.368. The van der Waals surface area contributed by atoms with Gasteiger partial charge in [-0.2, -0.15) is 0 Å². The Hall–Kier alpha value is -2.40. The van der Waals surface area contributed by atoms with Crippen LogP contribution in [0.1, 0.15) is 36.1 Å². The average molecular weight is 319 g/mol. The minimum absolute atomic E-state index is 0.819. The van der Waals surface area contributed by atoms with Gasteiger partial charge in [-0.1, -0.05) is 6.92 Å². The van der Waals surface area contributed by atoms with Gasteiger partial charge in [0.1, 0.15) is 5.82 Å². The highest BCUT2D eigenvalue weighted by Gasteiger charge is 2.19. The summed E-state index contributed by atoms with van der Waals surface area (Å²) in [5.74, 6) is 0.979. The van der Waals surface area contributed by atoms with Crippen LogP contribution in [0.4, 0.5) is 0 Å². The molecule has 0 saturated carbocycles. The smallest absolute Gasteiger partial charge is 0.159 e. The molecule has 0 atom stereocenters. The highest BCUT2D eigenvalue weighted by atomic mass is 15.1. The Kier molecular flexibility index (Phi) is 4.17. The third-order valence-electron chi connectivity index (χ3n) is 4.44. The van der Waals surface area contributed by atoms with E-state index in [1.165, 1.54) is 11.3 Å². The van der Waals surface area contributed by atoms with Gasteiger partial charge in [0.05, 0.1) is 5.69 Å². The lowest BCUT2D eigenvalue weighted by atomic mass is 10.1. The van der Waals surface area contributed by atoms with Crippen LogP contribution >= 0.6 is 0 Å². The second-order valence-corrected chi connectivity index (χ2v) is 6.32. The van der Waals surface area contributed by atoms with E-state index in [1.807, 2.05) is 18.3 Å². The van der Waals surface area contributed by atoms with E-state index in [4.69, 9.17) is 4.98 Å². The van der Waals surface area contributed by atoms with Crippen LogP contribution in [0.15, 0.2) is 36.7 Å². The van der Waals surface area contributed by atoms with Crippen molar-refractivity contribution in [3.63, 3.8) is 0 Å². The summed E-state index contributed by atoms with van der Waals surface area (Å²) in [5, 5.41) is 1.09. The van der Waals surface area contributed by atoms with Crippen molar-refractivity contribution in [2.24, 2.45) is 0 Å². The monoisotopic (exact) mass is 319 g/mol. The minimum atomic E-state index is 0.819. The second kappa shape index (κ2) is 6.61. The zero-order valence-electron chi connectivity index (χ0n) is 13.9. The van der Waals surface area contributed by atoms with Crippen molar-refractivity contribution >= 4 is 11.0 Å². The van der Waals surface area contributed by atoms with Crippen molar-refractivity contribution in [3.05, 3.63) is 59.4 Å².